The summed E-state index contributed by atoms with van der Waals surface area (Å²) in [6, 6.07) is -1.29. The molecular weight excluding hydrogens is 396 g/mol. The van der Waals surface area contributed by atoms with Gasteiger partial charge in [-0.05, 0) is 36.8 Å². The topological polar surface area (TPSA) is 104 Å². The van der Waals surface area contributed by atoms with Gasteiger partial charge in [-0.15, -0.1) is 5.10 Å². The Morgan fingerprint density at radius 3 is 2.52 bits per heavy atom. The summed E-state index contributed by atoms with van der Waals surface area (Å²) in [6.07, 6.45) is 3.71. The van der Waals surface area contributed by atoms with Crippen molar-refractivity contribution >= 4 is 11.8 Å². The molecule has 0 bridgehead atoms. The van der Waals surface area contributed by atoms with Crippen LogP contribution in [0.4, 0.5) is 0 Å². The second kappa shape index (κ2) is 8.86. The van der Waals surface area contributed by atoms with Crippen LogP contribution in [-0.2, 0) is 16.1 Å². The summed E-state index contributed by atoms with van der Waals surface area (Å²) in [6.45, 7) is 13.5. The van der Waals surface area contributed by atoms with Gasteiger partial charge in [-0.1, -0.05) is 39.8 Å². The lowest BCUT2D eigenvalue weighted by Gasteiger charge is -2.36. The molecule has 1 aromatic rings. The zero-order chi connectivity index (χ0) is 23.0. The fourth-order valence-electron chi connectivity index (χ4n) is 4.57. The summed E-state index contributed by atoms with van der Waals surface area (Å²) in [4.78, 5) is 29.7. The van der Waals surface area contributed by atoms with E-state index in [-0.39, 0.29) is 24.8 Å². The van der Waals surface area contributed by atoms with Crippen molar-refractivity contribution < 1.29 is 14.7 Å². The second-order valence-corrected chi connectivity index (χ2v) is 10.9. The molecule has 2 N–H and O–H groups in total. The smallest absolute Gasteiger partial charge is 0.248 e. The lowest BCUT2D eigenvalue weighted by molar-refractivity contribution is -0.144. The Labute approximate surface area is 185 Å². The Bertz CT molecular complexity index is 789. The molecular formula is C22H38N6O3. The van der Waals surface area contributed by atoms with Crippen LogP contribution in [0.15, 0.2) is 6.20 Å². The first-order chi connectivity index (χ1) is 14.4. The first-order valence-corrected chi connectivity index (χ1v) is 11.2. The van der Waals surface area contributed by atoms with Gasteiger partial charge in [-0.2, -0.15) is 0 Å². The maximum Gasteiger partial charge on any atom is 0.248 e. The number of carbonyl (C=O) groups is 2. The highest BCUT2D eigenvalue weighted by Crippen LogP contribution is 2.34. The number of aliphatic hydroxyl groups excluding tert-OH is 1. The van der Waals surface area contributed by atoms with Crippen molar-refractivity contribution in [2.75, 3.05) is 26.7 Å². The lowest BCUT2D eigenvalue weighted by Crippen LogP contribution is -2.49. The van der Waals surface area contributed by atoms with Crippen molar-refractivity contribution in [2.45, 2.75) is 78.6 Å². The van der Waals surface area contributed by atoms with E-state index in [0.717, 1.165) is 31.6 Å². The highest BCUT2D eigenvalue weighted by Gasteiger charge is 2.45. The molecule has 0 radical (unpaired) electrons. The maximum atomic E-state index is 13.6. The van der Waals surface area contributed by atoms with Crippen LogP contribution in [-0.4, -0.2) is 80.5 Å². The van der Waals surface area contributed by atoms with E-state index in [1.54, 1.807) is 11.7 Å². The zero-order valence-corrected chi connectivity index (χ0v) is 19.8. The third kappa shape index (κ3) is 5.44. The van der Waals surface area contributed by atoms with Crippen LogP contribution in [0, 0.1) is 10.8 Å². The molecule has 174 valence electrons. The zero-order valence-electron chi connectivity index (χ0n) is 19.8. The summed E-state index contributed by atoms with van der Waals surface area (Å²) in [5.41, 5.74) is 0.781. The molecule has 0 spiro atoms. The van der Waals surface area contributed by atoms with Gasteiger partial charge in [-0.25, -0.2) is 4.68 Å². The Morgan fingerprint density at radius 2 is 1.94 bits per heavy atom. The first-order valence-electron chi connectivity index (χ1n) is 11.2. The normalized spacial score (nSPS) is 25.5. The molecule has 3 rings (SSSR count). The largest absolute Gasteiger partial charge is 0.391 e. The van der Waals surface area contributed by atoms with Gasteiger partial charge in [0.25, 0.3) is 0 Å². The fraction of sp³-hybridized carbons (Fsp3) is 0.818. The van der Waals surface area contributed by atoms with Crippen molar-refractivity contribution in [1.29, 1.82) is 0 Å². The number of carbonyl (C=O) groups excluding carboxylic acids is 2. The molecule has 9 nitrogen and oxygen atoms in total. The van der Waals surface area contributed by atoms with Crippen molar-refractivity contribution in [3.05, 3.63) is 11.9 Å². The van der Waals surface area contributed by atoms with Crippen LogP contribution < -0.4 is 5.32 Å². The number of nitrogens with zero attached hydrogens (tertiary/aromatic N) is 5. The minimum absolute atomic E-state index is 0.147. The number of likely N-dealkylation sites (tertiary alicyclic amines) is 2. The van der Waals surface area contributed by atoms with Crippen LogP contribution >= 0.6 is 0 Å². The molecule has 31 heavy (non-hydrogen) atoms. The highest BCUT2D eigenvalue weighted by atomic mass is 16.3. The predicted octanol–water partition coefficient (Wildman–Crippen LogP) is 1.20. The molecule has 2 aliphatic rings. The van der Waals surface area contributed by atoms with Crippen molar-refractivity contribution in [2.24, 2.45) is 10.8 Å². The summed E-state index contributed by atoms with van der Waals surface area (Å²) >= 11 is 0. The number of nitrogens with one attached hydrogen (secondary N) is 1. The van der Waals surface area contributed by atoms with E-state index in [9.17, 15) is 14.7 Å². The number of aliphatic hydroxyl groups is 1. The Balaban J connectivity index is 1.77. The van der Waals surface area contributed by atoms with Crippen LogP contribution in [0.2, 0.25) is 0 Å². The lowest BCUT2D eigenvalue weighted by atomic mass is 9.83. The summed E-state index contributed by atoms with van der Waals surface area (Å²) in [7, 11) is 1.54. The van der Waals surface area contributed by atoms with Gasteiger partial charge in [0, 0.05) is 26.6 Å². The predicted molar refractivity (Wildman–Crippen MR) is 117 cm³/mol. The molecule has 3 atom stereocenters. The number of piperidine rings is 1. The third-order valence-corrected chi connectivity index (χ3v) is 6.58. The molecule has 1 aromatic heterocycles. The van der Waals surface area contributed by atoms with Gasteiger partial charge in [0.2, 0.25) is 11.8 Å². The number of hydrogen-bond acceptors (Lipinski definition) is 6. The molecule has 2 saturated heterocycles. The minimum atomic E-state index is -0.707. The molecule has 2 fully saturated rings. The Kier molecular flexibility index (Phi) is 6.76. The van der Waals surface area contributed by atoms with Gasteiger partial charge in [-0.3, -0.25) is 14.5 Å². The number of rotatable bonds is 5. The highest BCUT2D eigenvalue weighted by molar-refractivity contribution is 5.90. The monoisotopic (exact) mass is 434 g/mol. The van der Waals surface area contributed by atoms with E-state index in [1.807, 2.05) is 27.0 Å². The minimum Gasteiger partial charge on any atom is -0.391 e. The van der Waals surface area contributed by atoms with Gasteiger partial charge < -0.3 is 15.3 Å². The van der Waals surface area contributed by atoms with E-state index < -0.39 is 23.6 Å². The molecule has 9 heteroatoms. The van der Waals surface area contributed by atoms with Crippen LogP contribution in [0.5, 0.6) is 0 Å². The second-order valence-electron chi connectivity index (χ2n) is 10.9. The Hall–Kier alpha value is -2.00. The summed E-state index contributed by atoms with van der Waals surface area (Å²) in [5, 5.41) is 21.4. The van der Waals surface area contributed by atoms with Crippen molar-refractivity contribution in [3.8, 4) is 0 Å². The van der Waals surface area contributed by atoms with Crippen LogP contribution in [0.3, 0.4) is 0 Å². The van der Waals surface area contributed by atoms with Gasteiger partial charge in [0.05, 0.1) is 18.0 Å². The molecule has 0 aromatic carbocycles. The van der Waals surface area contributed by atoms with E-state index in [4.69, 9.17) is 0 Å². The van der Waals surface area contributed by atoms with Gasteiger partial charge in [0.15, 0.2) is 0 Å². The molecule has 0 saturated carbocycles. The third-order valence-electron chi connectivity index (χ3n) is 6.58. The number of hydrogen-bond donors (Lipinski definition) is 2. The number of β-amino-alcohol motifs (C(OH)–C–C–N with tert-alkyl or cyclic N) is 1. The van der Waals surface area contributed by atoms with Gasteiger partial charge >= 0.3 is 0 Å². The molecule has 2 unspecified atom stereocenters. The van der Waals surface area contributed by atoms with Crippen LogP contribution in [0.1, 0.15) is 65.6 Å². The Morgan fingerprint density at radius 1 is 1.29 bits per heavy atom. The molecule has 2 aliphatic heterocycles. The molecule has 3 heterocycles. The van der Waals surface area contributed by atoms with Gasteiger partial charge in [0.1, 0.15) is 12.1 Å². The first kappa shape index (κ1) is 23.7. The van der Waals surface area contributed by atoms with Crippen LogP contribution in [0.25, 0.3) is 0 Å². The van der Waals surface area contributed by atoms with E-state index in [0.29, 0.717) is 12.0 Å². The van der Waals surface area contributed by atoms with E-state index in [1.165, 1.54) is 4.90 Å². The average Bonchev–Trinajstić information content (AvgIpc) is 3.28. The standard InChI is InChI=1S/C22H38N6O3/c1-21(2,3)18(20(31)27-14-16(29)11-17(27)19(30)23-6)28-13-15(24-25-28)12-26-9-7-22(4,5)8-10-26/h13,16-18,29H,7-12,14H2,1-6H3,(H,23,30)/t16?,17-,18?/m1/s1. The summed E-state index contributed by atoms with van der Waals surface area (Å²) < 4.78 is 1.64. The maximum absolute atomic E-state index is 13.6. The quantitative estimate of drug-likeness (QED) is 0.722. The SMILES string of the molecule is CNC(=O)[C@H]1CC(O)CN1C(=O)C(n1cc(CN2CCC(C)(C)CC2)nn1)C(C)(C)C. The number of likely N-dealkylation sites (N-methyl/N-ethyl adjacent to an activating group) is 1. The average molecular weight is 435 g/mol. The molecule has 0 aliphatic carbocycles. The molecule has 2 amide bonds. The van der Waals surface area contributed by atoms with Crippen molar-refractivity contribution in [1.82, 2.24) is 30.1 Å². The van der Waals surface area contributed by atoms with Crippen molar-refractivity contribution in [3.63, 3.8) is 0 Å². The number of aromatic nitrogens is 3. The van der Waals surface area contributed by atoms with E-state index in [2.05, 4.69) is 34.4 Å². The number of amides is 2. The summed E-state index contributed by atoms with van der Waals surface area (Å²) in [5.74, 6) is -0.473. The fourth-order valence-corrected chi connectivity index (χ4v) is 4.57. The van der Waals surface area contributed by atoms with E-state index >= 15 is 0 Å².